The zero-order valence-corrected chi connectivity index (χ0v) is 51.5. The molecule has 0 aromatic carbocycles. The fourth-order valence-corrected chi connectivity index (χ4v) is 7.89. The van der Waals surface area contributed by atoms with Crippen molar-refractivity contribution in [2.24, 2.45) is 0 Å². The van der Waals surface area contributed by atoms with Crippen molar-refractivity contribution in [2.75, 3.05) is 13.2 Å². The Bertz CT molecular complexity index is 1950. The molecule has 0 aliphatic heterocycles. The van der Waals surface area contributed by atoms with Crippen LogP contribution in [0, 0.1) is 0 Å². The number of ether oxygens (including phenoxy) is 3. The van der Waals surface area contributed by atoms with Crippen molar-refractivity contribution >= 4 is 17.9 Å². The van der Waals surface area contributed by atoms with E-state index in [0.29, 0.717) is 19.3 Å². The van der Waals surface area contributed by atoms with Crippen molar-refractivity contribution in [3.63, 3.8) is 0 Å². The molecule has 0 spiro atoms. The quantitative estimate of drug-likeness (QED) is 0.0261. The summed E-state index contributed by atoms with van der Waals surface area (Å²) in [4.78, 5) is 37.9. The zero-order chi connectivity index (χ0) is 58.5. The molecule has 0 fully saturated rings. The van der Waals surface area contributed by atoms with Gasteiger partial charge in [0, 0.05) is 19.3 Å². The minimum atomic E-state index is -0.821. The van der Waals surface area contributed by atoms with E-state index in [1.807, 2.05) is 0 Å². The fraction of sp³-hybridized carbons (Fsp3) is 0.533. The van der Waals surface area contributed by atoms with Gasteiger partial charge in [0.1, 0.15) is 13.2 Å². The molecule has 6 heteroatoms. The van der Waals surface area contributed by atoms with E-state index in [1.165, 1.54) is 19.3 Å². The Morgan fingerprint density at radius 3 is 0.790 bits per heavy atom. The van der Waals surface area contributed by atoms with Gasteiger partial charge in [-0.1, -0.05) is 273 Å². The Morgan fingerprint density at radius 1 is 0.259 bits per heavy atom. The standard InChI is InChI=1S/C75H114O6/c1-4-7-10-13-15-17-19-21-23-25-27-29-31-32-33-34-35-36-37-38-39-40-41-42-44-45-47-49-51-53-55-57-59-62-65-68-74(77)80-71-72(70-79-73(76)67-64-61-12-9-6-3)81-75(78)69-66-63-60-58-56-54-52-50-48-46-43-30-28-26-24-22-20-18-16-14-11-8-5-2/h7-8,10-11,15-18,21-24,27-30,32-33,35-36,38-39,41-42,45-48,52,54,58,60,72H,4-6,9,12-14,19-20,25-26,31,34,37,40,43-44,49-51,53,55-57,59,61-71H2,1-3H3/b10-7-,11-8-,17-15-,18-16-,23-21-,24-22-,29-27-,30-28-,33-32-,36-35-,39-38-,42-41-,47-45-,48-46-,54-52-,60-58-. The Morgan fingerprint density at radius 2 is 0.494 bits per heavy atom. The maximum atomic E-state index is 12.8. The summed E-state index contributed by atoms with van der Waals surface area (Å²) in [6.07, 6.45) is 102. The third-order valence-electron chi connectivity index (χ3n) is 12.6. The smallest absolute Gasteiger partial charge is 0.306 e. The molecule has 6 nitrogen and oxygen atoms in total. The molecule has 0 heterocycles. The molecule has 0 aliphatic carbocycles. The maximum Gasteiger partial charge on any atom is 0.306 e. The fourth-order valence-electron chi connectivity index (χ4n) is 7.89. The molecule has 0 bridgehead atoms. The number of allylic oxidation sites excluding steroid dienone is 32. The van der Waals surface area contributed by atoms with Crippen molar-refractivity contribution in [2.45, 2.75) is 245 Å². The number of hydrogen-bond donors (Lipinski definition) is 0. The van der Waals surface area contributed by atoms with Crippen LogP contribution in [-0.4, -0.2) is 37.2 Å². The average Bonchev–Trinajstić information content (AvgIpc) is 3.47. The summed E-state index contributed by atoms with van der Waals surface area (Å²) >= 11 is 0. The number of unbranched alkanes of at least 4 members (excludes halogenated alkanes) is 12. The highest BCUT2D eigenvalue weighted by molar-refractivity contribution is 5.71. The molecular weight excluding hydrogens is 997 g/mol. The Labute approximate surface area is 497 Å². The van der Waals surface area contributed by atoms with Gasteiger partial charge >= 0.3 is 17.9 Å². The molecule has 1 atom stereocenters. The summed E-state index contributed by atoms with van der Waals surface area (Å²) in [5.41, 5.74) is 0. The first-order chi connectivity index (χ1) is 40.0. The zero-order valence-electron chi connectivity index (χ0n) is 51.5. The van der Waals surface area contributed by atoms with Crippen LogP contribution in [-0.2, 0) is 28.6 Å². The summed E-state index contributed by atoms with van der Waals surface area (Å²) in [5.74, 6) is -1.01. The van der Waals surface area contributed by atoms with Gasteiger partial charge in [0.05, 0.1) is 0 Å². The molecule has 450 valence electrons. The van der Waals surface area contributed by atoms with Crippen LogP contribution in [0.15, 0.2) is 194 Å². The van der Waals surface area contributed by atoms with Gasteiger partial charge in [0.15, 0.2) is 6.10 Å². The van der Waals surface area contributed by atoms with Crippen LogP contribution in [0.5, 0.6) is 0 Å². The van der Waals surface area contributed by atoms with Gasteiger partial charge in [-0.3, -0.25) is 14.4 Å². The van der Waals surface area contributed by atoms with Crippen molar-refractivity contribution in [3.8, 4) is 0 Å². The van der Waals surface area contributed by atoms with Gasteiger partial charge in [-0.15, -0.1) is 0 Å². The van der Waals surface area contributed by atoms with Gasteiger partial charge in [-0.05, 0) is 141 Å². The van der Waals surface area contributed by atoms with E-state index in [0.717, 1.165) is 173 Å². The topological polar surface area (TPSA) is 78.9 Å². The molecule has 0 saturated heterocycles. The summed E-state index contributed by atoms with van der Waals surface area (Å²) in [6.45, 7) is 6.25. The van der Waals surface area contributed by atoms with E-state index >= 15 is 0 Å². The van der Waals surface area contributed by atoms with E-state index < -0.39 is 6.10 Å². The largest absolute Gasteiger partial charge is 0.462 e. The Kier molecular flexibility index (Phi) is 62.0. The van der Waals surface area contributed by atoms with Crippen LogP contribution in [0.1, 0.15) is 239 Å². The Balaban J connectivity index is 4.20. The van der Waals surface area contributed by atoms with Crippen LogP contribution < -0.4 is 0 Å². The van der Waals surface area contributed by atoms with Gasteiger partial charge in [-0.25, -0.2) is 0 Å². The highest BCUT2D eigenvalue weighted by Crippen LogP contribution is 2.13. The predicted octanol–water partition coefficient (Wildman–Crippen LogP) is 22.2. The second kappa shape index (κ2) is 66.8. The van der Waals surface area contributed by atoms with E-state index in [-0.39, 0.29) is 37.5 Å². The van der Waals surface area contributed by atoms with Crippen molar-refractivity contribution < 1.29 is 28.6 Å². The second-order valence-corrected chi connectivity index (χ2v) is 20.2. The van der Waals surface area contributed by atoms with Gasteiger partial charge in [0.25, 0.3) is 0 Å². The van der Waals surface area contributed by atoms with Crippen molar-refractivity contribution in [1.82, 2.24) is 0 Å². The first kappa shape index (κ1) is 75.2. The molecule has 1 unspecified atom stereocenters. The lowest BCUT2D eigenvalue weighted by atomic mass is 10.1. The first-order valence-corrected chi connectivity index (χ1v) is 31.9. The number of esters is 3. The molecule has 0 saturated carbocycles. The van der Waals surface area contributed by atoms with E-state index in [1.54, 1.807) is 0 Å². The number of rotatable bonds is 55. The minimum Gasteiger partial charge on any atom is -0.462 e. The molecule has 0 radical (unpaired) electrons. The SMILES string of the molecule is CC/C=C\C/C=C\C/C=C\C/C=C\C/C=C\C/C=C\C/C=C\C/C=C\C/C=C\CCCCCCCCCC(=O)OCC(COC(=O)CCCCCCC)OC(=O)CCC/C=C\C/C=C\C/C=C\C/C=C\C/C=C\C/C=C\C/C=C\CC. The highest BCUT2D eigenvalue weighted by atomic mass is 16.6. The third-order valence-corrected chi connectivity index (χ3v) is 12.6. The predicted molar refractivity (Wildman–Crippen MR) is 352 cm³/mol. The van der Waals surface area contributed by atoms with Crippen molar-refractivity contribution in [3.05, 3.63) is 194 Å². The lowest BCUT2D eigenvalue weighted by Gasteiger charge is -2.18. The summed E-state index contributed by atoms with van der Waals surface area (Å²) < 4.78 is 16.7. The lowest BCUT2D eigenvalue weighted by molar-refractivity contribution is -0.167. The summed E-state index contributed by atoms with van der Waals surface area (Å²) in [5, 5.41) is 0. The van der Waals surface area contributed by atoms with E-state index in [2.05, 4.69) is 215 Å². The van der Waals surface area contributed by atoms with E-state index in [9.17, 15) is 14.4 Å². The van der Waals surface area contributed by atoms with Gasteiger partial charge in [-0.2, -0.15) is 0 Å². The lowest BCUT2D eigenvalue weighted by Crippen LogP contribution is -2.30. The molecule has 0 amide bonds. The molecule has 0 aromatic rings. The summed E-state index contributed by atoms with van der Waals surface area (Å²) in [6, 6.07) is 0. The van der Waals surface area contributed by atoms with Crippen LogP contribution in [0.4, 0.5) is 0 Å². The maximum absolute atomic E-state index is 12.8. The van der Waals surface area contributed by atoms with Crippen LogP contribution in [0.2, 0.25) is 0 Å². The average molecular weight is 1110 g/mol. The Hall–Kier alpha value is -5.75. The van der Waals surface area contributed by atoms with Gasteiger partial charge in [0.2, 0.25) is 0 Å². The number of carbonyl (C=O) groups excluding carboxylic acids is 3. The molecule has 0 N–H and O–H groups in total. The molecule has 0 rings (SSSR count). The molecule has 0 aromatic heterocycles. The van der Waals surface area contributed by atoms with Crippen LogP contribution >= 0.6 is 0 Å². The second-order valence-electron chi connectivity index (χ2n) is 20.2. The van der Waals surface area contributed by atoms with Crippen LogP contribution in [0.25, 0.3) is 0 Å². The minimum absolute atomic E-state index is 0.114. The van der Waals surface area contributed by atoms with Crippen molar-refractivity contribution in [1.29, 1.82) is 0 Å². The first-order valence-electron chi connectivity index (χ1n) is 31.9. The van der Waals surface area contributed by atoms with Crippen LogP contribution in [0.3, 0.4) is 0 Å². The summed E-state index contributed by atoms with van der Waals surface area (Å²) in [7, 11) is 0. The molecule has 0 aliphatic rings. The molecule has 81 heavy (non-hydrogen) atoms. The normalized spacial score (nSPS) is 13.5. The molecular formula is C75H114O6. The monoisotopic (exact) mass is 1110 g/mol. The number of carbonyl (C=O) groups is 3. The highest BCUT2D eigenvalue weighted by Gasteiger charge is 2.19. The number of hydrogen-bond acceptors (Lipinski definition) is 6. The van der Waals surface area contributed by atoms with E-state index in [4.69, 9.17) is 14.2 Å². The van der Waals surface area contributed by atoms with Gasteiger partial charge < -0.3 is 14.2 Å². The third kappa shape index (κ3) is 64.9.